The average Bonchev–Trinajstić information content (AvgIpc) is 2.35. The van der Waals surface area contributed by atoms with Crippen LogP contribution in [-0.2, 0) is 0 Å². The Morgan fingerprint density at radius 2 is 2.23 bits per heavy atom. The standard InChI is InChI=1S/C8H10BrF2NS/c1-8(10,11)7(12-2)6-5(9)3-4-13-6/h3-4,7,12H,1-2H3. The first-order valence-electron chi connectivity index (χ1n) is 3.74. The molecule has 13 heavy (non-hydrogen) atoms. The Bertz CT molecular complexity index is 282. The van der Waals surface area contributed by atoms with Gasteiger partial charge in [-0.05, 0) is 34.4 Å². The van der Waals surface area contributed by atoms with E-state index in [1.165, 1.54) is 18.4 Å². The van der Waals surface area contributed by atoms with Gasteiger partial charge in [0.1, 0.15) is 6.04 Å². The quantitative estimate of drug-likeness (QED) is 0.887. The molecule has 1 aromatic rings. The maximum atomic E-state index is 13.1. The summed E-state index contributed by atoms with van der Waals surface area (Å²) < 4.78 is 26.8. The van der Waals surface area contributed by atoms with Gasteiger partial charge in [-0.3, -0.25) is 0 Å². The second-order valence-electron chi connectivity index (χ2n) is 2.81. The van der Waals surface area contributed by atoms with Crippen LogP contribution in [0.25, 0.3) is 0 Å². The molecule has 0 aromatic carbocycles. The minimum absolute atomic E-state index is 0.634. The summed E-state index contributed by atoms with van der Waals surface area (Å²) in [7, 11) is 1.54. The van der Waals surface area contributed by atoms with Crippen molar-refractivity contribution >= 4 is 27.3 Å². The summed E-state index contributed by atoms with van der Waals surface area (Å²) in [5.74, 6) is -2.75. The fourth-order valence-electron chi connectivity index (χ4n) is 1.13. The Kier molecular flexibility index (Phi) is 3.43. The molecule has 0 aliphatic carbocycles. The number of hydrogen-bond acceptors (Lipinski definition) is 2. The second-order valence-corrected chi connectivity index (χ2v) is 4.61. The predicted molar refractivity (Wildman–Crippen MR) is 54.4 cm³/mol. The van der Waals surface area contributed by atoms with E-state index in [-0.39, 0.29) is 0 Å². The summed E-state index contributed by atoms with van der Waals surface area (Å²) in [5.41, 5.74) is 0. The molecule has 0 amide bonds. The van der Waals surface area contributed by atoms with Gasteiger partial charge in [0.2, 0.25) is 0 Å². The molecule has 0 bridgehead atoms. The van der Waals surface area contributed by atoms with Crippen molar-refractivity contribution in [1.29, 1.82) is 0 Å². The van der Waals surface area contributed by atoms with Crippen molar-refractivity contribution in [2.45, 2.75) is 18.9 Å². The van der Waals surface area contributed by atoms with Crippen molar-refractivity contribution < 1.29 is 8.78 Å². The Labute approximate surface area is 88.3 Å². The highest BCUT2D eigenvalue weighted by Crippen LogP contribution is 2.37. The molecule has 1 rings (SSSR count). The lowest BCUT2D eigenvalue weighted by Crippen LogP contribution is -2.32. The zero-order valence-corrected chi connectivity index (χ0v) is 9.68. The molecule has 1 unspecified atom stereocenters. The van der Waals surface area contributed by atoms with Crippen LogP contribution in [0.4, 0.5) is 8.78 Å². The van der Waals surface area contributed by atoms with Crippen LogP contribution in [-0.4, -0.2) is 13.0 Å². The zero-order valence-electron chi connectivity index (χ0n) is 7.27. The minimum atomic E-state index is -2.75. The van der Waals surface area contributed by atoms with E-state index in [2.05, 4.69) is 21.2 Å². The smallest absolute Gasteiger partial charge is 0.265 e. The van der Waals surface area contributed by atoms with E-state index in [1.807, 2.05) is 0 Å². The Hall–Kier alpha value is -0.0000000000000000555. The molecule has 0 aliphatic heterocycles. The van der Waals surface area contributed by atoms with E-state index < -0.39 is 12.0 Å². The molecule has 0 radical (unpaired) electrons. The van der Waals surface area contributed by atoms with Gasteiger partial charge in [-0.1, -0.05) is 0 Å². The number of hydrogen-bond donors (Lipinski definition) is 1. The van der Waals surface area contributed by atoms with Crippen LogP contribution >= 0.6 is 27.3 Å². The summed E-state index contributed by atoms with van der Waals surface area (Å²) in [6, 6.07) is 0.859. The van der Waals surface area contributed by atoms with Gasteiger partial charge in [0.25, 0.3) is 5.92 Å². The third-order valence-electron chi connectivity index (χ3n) is 1.70. The highest BCUT2D eigenvalue weighted by molar-refractivity contribution is 9.10. The molecule has 1 heterocycles. The van der Waals surface area contributed by atoms with Crippen LogP contribution in [0.1, 0.15) is 17.8 Å². The molecule has 0 saturated heterocycles. The van der Waals surface area contributed by atoms with Crippen molar-refractivity contribution in [2.24, 2.45) is 0 Å². The number of nitrogens with one attached hydrogen (secondary N) is 1. The van der Waals surface area contributed by atoms with Crippen LogP contribution in [0.2, 0.25) is 0 Å². The molecule has 1 N–H and O–H groups in total. The van der Waals surface area contributed by atoms with Crippen LogP contribution in [0.5, 0.6) is 0 Å². The lowest BCUT2D eigenvalue weighted by atomic mass is 10.1. The largest absolute Gasteiger partial charge is 0.307 e. The van der Waals surface area contributed by atoms with Gasteiger partial charge in [-0.2, -0.15) is 0 Å². The van der Waals surface area contributed by atoms with E-state index in [1.54, 1.807) is 11.4 Å². The number of alkyl halides is 2. The fraction of sp³-hybridized carbons (Fsp3) is 0.500. The van der Waals surface area contributed by atoms with Crippen molar-refractivity contribution in [3.63, 3.8) is 0 Å². The van der Waals surface area contributed by atoms with Gasteiger partial charge in [-0.25, -0.2) is 8.78 Å². The van der Waals surface area contributed by atoms with Crippen molar-refractivity contribution in [3.05, 3.63) is 20.8 Å². The maximum Gasteiger partial charge on any atom is 0.265 e. The molecular formula is C8H10BrF2NS. The molecule has 0 saturated carbocycles. The molecule has 0 aliphatic rings. The maximum absolute atomic E-state index is 13.1. The molecule has 74 valence electrons. The Morgan fingerprint density at radius 3 is 2.54 bits per heavy atom. The first-order valence-corrected chi connectivity index (χ1v) is 5.42. The van der Waals surface area contributed by atoms with Crippen LogP contribution in [0, 0.1) is 0 Å². The highest BCUT2D eigenvalue weighted by Gasteiger charge is 2.35. The van der Waals surface area contributed by atoms with Crippen molar-refractivity contribution in [1.82, 2.24) is 5.32 Å². The third-order valence-corrected chi connectivity index (χ3v) is 3.64. The van der Waals surface area contributed by atoms with Crippen LogP contribution in [0.15, 0.2) is 15.9 Å². The molecule has 5 heteroatoms. The Balaban J connectivity index is 2.98. The predicted octanol–water partition coefficient (Wildman–Crippen LogP) is 3.43. The lowest BCUT2D eigenvalue weighted by molar-refractivity contribution is -0.0159. The zero-order chi connectivity index (χ0) is 10.1. The molecule has 0 fully saturated rings. The summed E-state index contributed by atoms with van der Waals surface area (Å²) in [6.07, 6.45) is 0. The molecular weight excluding hydrogens is 260 g/mol. The number of halogens is 3. The molecule has 1 nitrogen and oxygen atoms in total. The van der Waals surface area contributed by atoms with Gasteiger partial charge in [0.15, 0.2) is 0 Å². The fourth-order valence-corrected chi connectivity index (χ4v) is 2.93. The lowest BCUT2D eigenvalue weighted by Gasteiger charge is -2.22. The summed E-state index contributed by atoms with van der Waals surface area (Å²) in [6.45, 7) is 0.917. The van der Waals surface area contributed by atoms with E-state index in [0.29, 0.717) is 4.88 Å². The Morgan fingerprint density at radius 1 is 1.62 bits per heavy atom. The monoisotopic (exact) mass is 269 g/mol. The molecule has 1 atom stereocenters. The summed E-state index contributed by atoms with van der Waals surface area (Å²) in [5, 5.41) is 4.40. The number of thiophene rings is 1. The van der Waals surface area contributed by atoms with E-state index >= 15 is 0 Å². The van der Waals surface area contributed by atoms with Crippen LogP contribution in [0.3, 0.4) is 0 Å². The van der Waals surface area contributed by atoms with Crippen molar-refractivity contribution in [2.75, 3.05) is 7.05 Å². The van der Waals surface area contributed by atoms with Gasteiger partial charge in [0.05, 0.1) is 0 Å². The topological polar surface area (TPSA) is 12.0 Å². The molecule has 1 aromatic heterocycles. The highest BCUT2D eigenvalue weighted by atomic mass is 79.9. The number of rotatable bonds is 3. The average molecular weight is 270 g/mol. The van der Waals surface area contributed by atoms with Gasteiger partial charge < -0.3 is 5.32 Å². The first-order chi connectivity index (χ1) is 5.96. The van der Waals surface area contributed by atoms with E-state index in [4.69, 9.17) is 0 Å². The SMILES string of the molecule is CNC(c1sccc1Br)C(C)(F)F. The molecule has 0 spiro atoms. The third kappa shape index (κ3) is 2.48. The van der Waals surface area contributed by atoms with Crippen LogP contribution < -0.4 is 5.32 Å². The van der Waals surface area contributed by atoms with Crippen molar-refractivity contribution in [3.8, 4) is 0 Å². The van der Waals surface area contributed by atoms with E-state index in [9.17, 15) is 8.78 Å². The van der Waals surface area contributed by atoms with Gasteiger partial charge in [-0.15, -0.1) is 11.3 Å². The second kappa shape index (κ2) is 4.02. The van der Waals surface area contributed by atoms with Gasteiger partial charge in [0, 0.05) is 16.3 Å². The normalized spacial score (nSPS) is 14.5. The van der Waals surface area contributed by atoms with E-state index in [0.717, 1.165) is 11.4 Å². The summed E-state index contributed by atoms with van der Waals surface area (Å²) >= 11 is 4.56. The summed E-state index contributed by atoms with van der Waals surface area (Å²) in [4.78, 5) is 0.634. The first kappa shape index (κ1) is 11.1. The minimum Gasteiger partial charge on any atom is -0.307 e. The van der Waals surface area contributed by atoms with Gasteiger partial charge >= 0.3 is 0 Å².